The molecule has 0 amide bonds. The van der Waals surface area contributed by atoms with Gasteiger partial charge in [0.15, 0.2) is 0 Å². The molecule has 0 aromatic heterocycles. The molecule has 0 heterocycles. The number of thiol groups is 1. The lowest BCUT2D eigenvalue weighted by Crippen LogP contribution is -2.30. The minimum atomic E-state index is -0.906. The third kappa shape index (κ3) is 14.6. The SMILES string of the molecule is CCSCC[C@H](N)C(=O)O.N=[SH-]=O. The van der Waals surface area contributed by atoms with Gasteiger partial charge in [0.25, 0.3) is 0 Å². The van der Waals surface area contributed by atoms with Crippen molar-refractivity contribution in [3.8, 4) is 0 Å². The van der Waals surface area contributed by atoms with E-state index in [4.69, 9.17) is 19.8 Å². The van der Waals surface area contributed by atoms with Gasteiger partial charge in [0.05, 0.1) is 0 Å². The van der Waals surface area contributed by atoms with E-state index in [9.17, 15) is 4.79 Å². The largest absolute Gasteiger partial charge is 0.480 e. The highest BCUT2D eigenvalue weighted by Gasteiger charge is 2.09. The number of carboxylic acid groups (broad SMARTS) is 1. The van der Waals surface area contributed by atoms with Crippen LogP contribution in [0.5, 0.6) is 0 Å². The minimum absolute atomic E-state index is 0.563. The molecule has 7 heteroatoms. The van der Waals surface area contributed by atoms with Gasteiger partial charge in [-0.3, -0.25) is 4.79 Å². The molecule has 1 atom stereocenters. The number of hydrogen-bond donors (Lipinski definition) is 3. The van der Waals surface area contributed by atoms with Crippen LogP contribution in [-0.2, 0) is 20.5 Å². The van der Waals surface area contributed by atoms with E-state index in [0.29, 0.717) is 6.42 Å². The summed E-state index contributed by atoms with van der Waals surface area (Å²) in [4.78, 5) is 10.2. The molecule has 0 saturated carbocycles. The van der Waals surface area contributed by atoms with E-state index in [1.54, 1.807) is 11.8 Å². The molecular formula is C6H15N2O3S2-. The van der Waals surface area contributed by atoms with Crippen LogP contribution >= 0.6 is 11.8 Å². The van der Waals surface area contributed by atoms with E-state index >= 15 is 0 Å². The molecule has 5 nitrogen and oxygen atoms in total. The number of nitrogens with one attached hydrogen (secondary N) is 1. The van der Waals surface area contributed by atoms with Gasteiger partial charge in [-0.2, -0.15) is 11.8 Å². The molecule has 0 aliphatic heterocycles. The number of thioether (sulfide) groups is 1. The molecule has 0 aromatic carbocycles. The summed E-state index contributed by atoms with van der Waals surface area (Å²) in [5.41, 5.74) is 5.24. The Balaban J connectivity index is 0. The lowest BCUT2D eigenvalue weighted by Gasteiger charge is -2.03. The normalized spacial score (nSPS) is 11.2. The monoisotopic (exact) mass is 227 g/mol. The number of hydrogen-bond acceptors (Lipinski definition) is 6. The molecule has 0 aliphatic carbocycles. The Morgan fingerprint density at radius 1 is 1.77 bits per heavy atom. The van der Waals surface area contributed by atoms with Crippen LogP contribution < -0.4 is 5.73 Å². The Bertz CT molecular complexity index is 171. The summed E-state index contributed by atoms with van der Waals surface area (Å²) in [7, 11) is 0. The Hall–Kier alpha value is -0.270. The van der Waals surface area contributed by atoms with Gasteiger partial charge in [-0.05, 0) is 17.9 Å². The first-order chi connectivity index (χ1) is 6.09. The van der Waals surface area contributed by atoms with E-state index < -0.39 is 23.5 Å². The Kier molecular flexibility index (Phi) is 13.7. The molecule has 0 aliphatic rings. The third-order valence-corrected chi connectivity index (χ3v) is 2.03. The van der Waals surface area contributed by atoms with Gasteiger partial charge >= 0.3 is 5.97 Å². The third-order valence-electron chi connectivity index (χ3n) is 1.09. The first kappa shape index (κ1) is 15.2. The van der Waals surface area contributed by atoms with Gasteiger partial charge in [0.2, 0.25) is 0 Å². The van der Waals surface area contributed by atoms with Crippen LogP contribution in [0.4, 0.5) is 0 Å². The van der Waals surface area contributed by atoms with Gasteiger partial charge in [-0.25, -0.2) is 11.5 Å². The number of aliphatic carboxylic acids is 1. The fraction of sp³-hybridized carbons (Fsp3) is 0.833. The zero-order chi connectivity index (χ0) is 10.7. The predicted octanol–water partition coefficient (Wildman–Crippen LogP) is 0.451. The van der Waals surface area contributed by atoms with Crippen molar-refractivity contribution in [2.75, 3.05) is 11.5 Å². The second-order valence-electron chi connectivity index (χ2n) is 2.02. The molecule has 0 spiro atoms. The van der Waals surface area contributed by atoms with E-state index in [2.05, 4.69) is 0 Å². The molecule has 0 bridgehead atoms. The number of carbonyl (C=O) groups is 1. The van der Waals surface area contributed by atoms with E-state index in [1.807, 2.05) is 6.92 Å². The smallest absolute Gasteiger partial charge is 0.320 e. The fourth-order valence-corrected chi connectivity index (χ4v) is 1.19. The van der Waals surface area contributed by atoms with Crippen LogP contribution in [0.25, 0.3) is 0 Å². The number of nitrogens with two attached hydrogens (primary N) is 1. The first-order valence-electron chi connectivity index (χ1n) is 3.65. The second-order valence-corrected chi connectivity index (χ2v) is 3.60. The van der Waals surface area contributed by atoms with Crippen molar-refractivity contribution in [3.63, 3.8) is 0 Å². The summed E-state index contributed by atoms with van der Waals surface area (Å²) in [5.74, 6) is 0.952. The molecule has 13 heavy (non-hydrogen) atoms. The average Bonchev–Trinajstić information content (AvgIpc) is 2.06. The molecule has 0 rings (SSSR count). The standard InChI is InChI=1S/C6H13NO2S.H2NOS/c1-2-10-4-3-5(7)6(8)9;1-3-2/h5H,2-4,7H2,1H3,(H,8,9);1,3H/q;-1/t5-;/m0./s1. The van der Waals surface area contributed by atoms with Crippen LogP contribution in [0.3, 0.4) is 0 Å². The maximum absolute atomic E-state index is 10.2. The van der Waals surface area contributed by atoms with Gasteiger partial charge in [-0.1, -0.05) is 6.92 Å². The summed E-state index contributed by atoms with van der Waals surface area (Å²) in [6, 6.07) is -0.681. The van der Waals surface area contributed by atoms with Crippen molar-refractivity contribution in [3.05, 3.63) is 0 Å². The van der Waals surface area contributed by atoms with Crippen molar-refractivity contribution < 1.29 is 14.1 Å². The average molecular weight is 227 g/mol. The first-order valence-corrected chi connectivity index (χ1v) is 5.62. The maximum Gasteiger partial charge on any atom is 0.320 e. The van der Waals surface area contributed by atoms with Gasteiger partial charge < -0.3 is 19.8 Å². The number of rotatable bonds is 5. The van der Waals surface area contributed by atoms with E-state index in [-0.39, 0.29) is 0 Å². The fourth-order valence-electron chi connectivity index (χ4n) is 0.478. The van der Waals surface area contributed by atoms with Crippen molar-refractivity contribution in [2.24, 2.45) is 5.73 Å². The molecule has 0 aromatic rings. The van der Waals surface area contributed by atoms with Crippen LogP contribution in [-0.4, -0.2) is 28.6 Å². The molecule has 0 radical (unpaired) electrons. The maximum atomic E-state index is 10.2. The zero-order valence-electron chi connectivity index (χ0n) is 7.40. The number of carboxylic acids is 1. The van der Waals surface area contributed by atoms with Crippen molar-refractivity contribution in [1.82, 2.24) is 0 Å². The van der Waals surface area contributed by atoms with Gasteiger partial charge in [0.1, 0.15) is 6.04 Å². The van der Waals surface area contributed by atoms with E-state index in [0.717, 1.165) is 11.5 Å². The van der Waals surface area contributed by atoms with E-state index in [1.165, 1.54) is 0 Å². The highest BCUT2D eigenvalue weighted by molar-refractivity contribution is 7.99. The van der Waals surface area contributed by atoms with Crippen molar-refractivity contribution in [2.45, 2.75) is 19.4 Å². The summed E-state index contributed by atoms with van der Waals surface area (Å²) in [6.07, 6.45) is 0.563. The zero-order valence-corrected chi connectivity index (χ0v) is 9.11. The minimum Gasteiger partial charge on any atom is -0.480 e. The summed E-state index contributed by atoms with van der Waals surface area (Å²) in [5, 5.41) is 8.35. The van der Waals surface area contributed by atoms with Gasteiger partial charge in [-0.15, -0.1) is 0 Å². The molecule has 0 saturated heterocycles. The van der Waals surface area contributed by atoms with Crippen molar-refractivity contribution >= 4 is 29.2 Å². The molecular weight excluding hydrogens is 212 g/mol. The quantitative estimate of drug-likeness (QED) is 0.359. The summed E-state index contributed by atoms with van der Waals surface area (Å²) < 4.78 is 14.2. The van der Waals surface area contributed by atoms with Crippen LogP contribution in [0.2, 0.25) is 0 Å². The Labute approximate surface area is 85.1 Å². The Morgan fingerprint density at radius 2 is 2.23 bits per heavy atom. The highest BCUT2D eigenvalue weighted by Crippen LogP contribution is 2.02. The topological polar surface area (TPSA) is 104 Å². The molecule has 0 unspecified atom stereocenters. The van der Waals surface area contributed by atoms with Gasteiger partial charge in [0, 0.05) is 0 Å². The lowest BCUT2D eigenvalue weighted by molar-refractivity contribution is -0.138. The van der Waals surface area contributed by atoms with Crippen LogP contribution in [0, 0.1) is 4.78 Å². The summed E-state index contributed by atoms with van der Waals surface area (Å²) >= 11 is 1.13. The molecule has 0 fully saturated rings. The van der Waals surface area contributed by atoms with Crippen molar-refractivity contribution in [1.29, 1.82) is 4.78 Å². The summed E-state index contributed by atoms with van der Waals surface area (Å²) in [6.45, 7) is 2.04. The lowest BCUT2D eigenvalue weighted by atomic mass is 10.2. The second kappa shape index (κ2) is 11.7. The highest BCUT2D eigenvalue weighted by atomic mass is 32.2. The van der Waals surface area contributed by atoms with Crippen LogP contribution in [0.1, 0.15) is 13.3 Å². The molecule has 4 N–H and O–H groups in total. The Morgan fingerprint density at radius 3 is 2.54 bits per heavy atom. The molecule has 80 valence electrons. The predicted molar refractivity (Wildman–Crippen MR) is 55.4 cm³/mol. The van der Waals surface area contributed by atoms with Crippen LogP contribution in [0.15, 0.2) is 0 Å².